The average molecular weight is 671 g/mol. The van der Waals surface area contributed by atoms with Crippen molar-refractivity contribution in [2.24, 2.45) is 17.8 Å². The fraction of sp³-hybridized carbons (Fsp3) is 0.543. The maximum absolute atomic E-state index is 13.5. The molecule has 48 heavy (non-hydrogen) atoms. The lowest BCUT2D eigenvalue weighted by molar-refractivity contribution is -0.176. The van der Waals surface area contributed by atoms with Crippen molar-refractivity contribution in [3.63, 3.8) is 0 Å². The fourth-order valence-corrected chi connectivity index (χ4v) is 5.03. The topological polar surface area (TPSA) is 166 Å². The first-order valence-electron chi connectivity index (χ1n) is 16.3. The number of hydrogen-bond donors (Lipinski definition) is 1. The molecule has 0 aliphatic carbocycles. The third-order valence-corrected chi connectivity index (χ3v) is 7.94. The van der Waals surface area contributed by atoms with Gasteiger partial charge in [-0.25, -0.2) is 14.6 Å². The minimum atomic E-state index is -1.49. The number of nitrogens with one attached hydrogen (secondary N) is 1. The molecule has 1 aromatic heterocycles. The fourth-order valence-electron chi connectivity index (χ4n) is 5.03. The quantitative estimate of drug-likeness (QED) is 0.215. The minimum absolute atomic E-state index is 0.0146. The molecule has 1 saturated heterocycles. The first-order valence-corrected chi connectivity index (χ1v) is 16.3. The number of methoxy groups -OCH3 is 1. The Morgan fingerprint density at radius 2 is 1.79 bits per heavy atom. The van der Waals surface area contributed by atoms with Crippen LogP contribution in [0.1, 0.15) is 76.4 Å². The largest absolute Gasteiger partial charge is 0.514 e. The van der Waals surface area contributed by atoms with Gasteiger partial charge in [-0.3, -0.25) is 14.4 Å². The van der Waals surface area contributed by atoms with Gasteiger partial charge in [0.05, 0.1) is 19.6 Å². The molecule has 2 aromatic rings. The summed E-state index contributed by atoms with van der Waals surface area (Å²) in [6, 6.07) is 8.96. The molecule has 1 aliphatic rings. The third-order valence-electron chi connectivity index (χ3n) is 7.94. The molecule has 13 heteroatoms. The summed E-state index contributed by atoms with van der Waals surface area (Å²) in [6.45, 7) is 8.41. The molecule has 3 rings (SSSR count). The maximum Gasteiger partial charge on any atom is 0.514 e. The molecule has 0 radical (unpaired) electrons. The summed E-state index contributed by atoms with van der Waals surface area (Å²) in [5, 5.41) is 2.46. The number of unbranched alkanes of at least 4 members (excludes halogenated alkanes) is 1. The van der Waals surface area contributed by atoms with E-state index in [4.69, 9.17) is 28.4 Å². The van der Waals surface area contributed by atoms with E-state index in [1.54, 1.807) is 26.0 Å². The number of pyridine rings is 1. The average Bonchev–Trinajstić information content (AvgIpc) is 3.11. The van der Waals surface area contributed by atoms with Gasteiger partial charge >= 0.3 is 24.1 Å². The van der Waals surface area contributed by atoms with Crippen LogP contribution in [0.3, 0.4) is 0 Å². The molecular formula is C35H46N2O11. The van der Waals surface area contributed by atoms with Crippen molar-refractivity contribution in [2.45, 2.75) is 85.0 Å². The van der Waals surface area contributed by atoms with E-state index in [0.29, 0.717) is 0 Å². The van der Waals surface area contributed by atoms with Gasteiger partial charge in [-0.05, 0) is 31.2 Å². The standard InChI is InChI=1S/C35H46N2O11/c1-7-9-13-23(8-2)19-45-35(42)48-30-27(43-6)16-17-36-28(30)31(38)37-26-20-44-33(40)25(18-24-14-11-10-12-15-24)29(22(5)46-34(26)41)47-32(39)21(3)4/h10-12,14-17,21-23,25-26,29H,7-9,13,18-20H2,1-6H3,(H,37,38)/t22-,23?,25+,26?,29?/m0/s1. The van der Waals surface area contributed by atoms with Crippen molar-refractivity contribution < 1.29 is 52.4 Å². The third kappa shape index (κ3) is 10.7. The molecule has 1 aliphatic heterocycles. The van der Waals surface area contributed by atoms with Crippen LogP contribution >= 0.6 is 0 Å². The van der Waals surface area contributed by atoms with E-state index in [0.717, 1.165) is 31.2 Å². The maximum atomic E-state index is 13.5. The second-order valence-corrected chi connectivity index (χ2v) is 11.9. The Morgan fingerprint density at radius 3 is 2.44 bits per heavy atom. The summed E-state index contributed by atoms with van der Waals surface area (Å²) in [5.41, 5.74) is 0.385. The zero-order chi connectivity index (χ0) is 35.2. The molecule has 0 saturated carbocycles. The number of ether oxygens (including phenoxy) is 6. The number of carbonyl (C=O) groups is 5. The molecule has 0 bridgehead atoms. The number of hydrogen-bond acceptors (Lipinski definition) is 12. The van der Waals surface area contributed by atoms with Crippen LogP contribution in [-0.4, -0.2) is 73.5 Å². The van der Waals surface area contributed by atoms with Crippen molar-refractivity contribution >= 4 is 30.0 Å². The highest BCUT2D eigenvalue weighted by Crippen LogP contribution is 2.31. The van der Waals surface area contributed by atoms with Crippen molar-refractivity contribution in [2.75, 3.05) is 20.3 Å². The lowest BCUT2D eigenvalue weighted by atomic mass is 9.91. The van der Waals surface area contributed by atoms with Crippen LogP contribution < -0.4 is 14.8 Å². The summed E-state index contributed by atoms with van der Waals surface area (Å²) >= 11 is 0. The number of rotatable bonds is 14. The first kappa shape index (κ1) is 37.8. The monoisotopic (exact) mass is 670 g/mol. The molecule has 1 aromatic carbocycles. The summed E-state index contributed by atoms with van der Waals surface area (Å²) < 4.78 is 32.9. The molecule has 1 fully saturated rings. The number of aromatic nitrogens is 1. The van der Waals surface area contributed by atoms with Crippen LogP contribution in [0.25, 0.3) is 0 Å². The smallest absolute Gasteiger partial charge is 0.493 e. The Balaban J connectivity index is 1.82. The number of carbonyl (C=O) groups excluding carboxylic acids is 5. The first-order chi connectivity index (χ1) is 23.0. The molecule has 13 nitrogen and oxygen atoms in total. The van der Waals surface area contributed by atoms with Crippen LogP contribution in [0.5, 0.6) is 11.5 Å². The van der Waals surface area contributed by atoms with Gasteiger partial charge in [0.1, 0.15) is 18.6 Å². The van der Waals surface area contributed by atoms with E-state index < -0.39 is 66.7 Å². The zero-order valence-corrected chi connectivity index (χ0v) is 28.4. The van der Waals surface area contributed by atoms with Gasteiger partial charge in [-0.1, -0.05) is 77.3 Å². The SMILES string of the molecule is CCCCC(CC)COC(=O)Oc1c(OC)ccnc1C(=O)NC1COC(=O)[C@H](Cc2ccccc2)C(OC(=O)C(C)C)[C@H](C)OC1=O. The van der Waals surface area contributed by atoms with E-state index in [9.17, 15) is 24.0 Å². The number of nitrogens with zero attached hydrogens (tertiary/aromatic N) is 1. The predicted octanol–water partition coefficient (Wildman–Crippen LogP) is 4.84. The van der Waals surface area contributed by atoms with Crippen molar-refractivity contribution in [3.05, 3.63) is 53.9 Å². The molecule has 2 heterocycles. The van der Waals surface area contributed by atoms with Gasteiger partial charge in [0.2, 0.25) is 5.75 Å². The Morgan fingerprint density at radius 1 is 1.06 bits per heavy atom. The van der Waals surface area contributed by atoms with E-state index in [-0.39, 0.29) is 36.1 Å². The Kier molecular flexibility index (Phi) is 14.6. The molecule has 0 spiro atoms. The summed E-state index contributed by atoms with van der Waals surface area (Å²) in [7, 11) is 1.32. The van der Waals surface area contributed by atoms with Gasteiger partial charge in [0, 0.05) is 12.3 Å². The zero-order valence-electron chi connectivity index (χ0n) is 28.4. The Bertz CT molecular complexity index is 1400. The Hall–Kier alpha value is -4.68. The summed E-state index contributed by atoms with van der Waals surface area (Å²) in [6.07, 6.45) is 1.78. The molecular weight excluding hydrogens is 624 g/mol. The minimum Gasteiger partial charge on any atom is -0.493 e. The number of amides is 1. The van der Waals surface area contributed by atoms with E-state index in [1.165, 1.54) is 26.3 Å². The van der Waals surface area contributed by atoms with Gasteiger partial charge in [-0.15, -0.1) is 0 Å². The van der Waals surface area contributed by atoms with E-state index in [1.807, 2.05) is 25.1 Å². The van der Waals surface area contributed by atoms with Crippen LogP contribution in [0.15, 0.2) is 42.6 Å². The van der Waals surface area contributed by atoms with Crippen molar-refractivity contribution in [1.29, 1.82) is 0 Å². The lowest BCUT2D eigenvalue weighted by Gasteiger charge is -2.29. The number of benzene rings is 1. The van der Waals surface area contributed by atoms with Gasteiger partial charge in [0.25, 0.3) is 5.91 Å². The highest BCUT2D eigenvalue weighted by atomic mass is 16.7. The summed E-state index contributed by atoms with van der Waals surface area (Å²) in [4.78, 5) is 69.7. The molecule has 3 unspecified atom stereocenters. The normalized spacial score (nSPS) is 20.2. The van der Waals surface area contributed by atoms with E-state index in [2.05, 4.69) is 17.2 Å². The van der Waals surface area contributed by atoms with Crippen LogP contribution in [-0.2, 0) is 39.8 Å². The molecule has 1 N–H and O–H groups in total. The molecule has 5 atom stereocenters. The highest BCUT2D eigenvalue weighted by Gasteiger charge is 2.42. The van der Waals surface area contributed by atoms with Crippen molar-refractivity contribution in [1.82, 2.24) is 10.3 Å². The van der Waals surface area contributed by atoms with Gasteiger partial charge in [0.15, 0.2) is 23.6 Å². The molecule has 262 valence electrons. The predicted molar refractivity (Wildman–Crippen MR) is 172 cm³/mol. The number of cyclic esters (lactones) is 2. The van der Waals surface area contributed by atoms with E-state index >= 15 is 0 Å². The second kappa shape index (κ2) is 18.6. The molecule has 1 amide bonds. The van der Waals surface area contributed by atoms with Crippen molar-refractivity contribution in [3.8, 4) is 11.5 Å². The number of esters is 3. The van der Waals surface area contributed by atoms with Gasteiger partial charge < -0.3 is 33.7 Å². The van der Waals surface area contributed by atoms with Crippen LogP contribution in [0.4, 0.5) is 4.79 Å². The highest BCUT2D eigenvalue weighted by molar-refractivity contribution is 5.98. The van der Waals surface area contributed by atoms with Gasteiger partial charge in [-0.2, -0.15) is 0 Å². The Labute approximate surface area is 280 Å². The van der Waals surface area contributed by atoms with Crippen LogP contribution in [0, 0.1) is 17.8 Å². The summed E-state index contributed by atoms with van der Waals surface area (Å²) in [5.74, 6) is -4.92. The lowest BCUT2D eigenvalue weighted by Crippen LogP contribution is -2.47. The van der Waals surface area contributed by atoms with Crippen LogP contribution in [0.2, 0.25) is 0 Å². The second-order valence-electron chi connectivity index (χ2n) is 11.9.